The van der Waals surface area contributed by atoms with Gasteiger partial charge in [-0.2, -0.15) is 0 Å². The Kier molecular flexibility index (Phi) is 5.20. The van der Waals surface area contributed by atoms with Gasteiger partial charge >= 0.3 is 0 Å². The summed E-state index contributed by atoms with van der Waals surface area (Å²) in [6.45, 7) is 1.08. The Morgan fingerprint density at radius 3 is 2.69 bits per heavy atom. The van der Waals surface area contributed by atoms with E-state index in [9.17, 15) is 14.7 Å². The van der Waals surface area contributed by atoms with Gasteiger partial charge in [-0.05, 0) is 11.6 Å². The van der Waals surface area contributed by atoms with Gasteiger partial charge in [-0.3, -0.25) is 19.6 Å². The predicted molar refractivity (Wildman–Crippen MR) is 105 cm³/mol. The van der Waals surface area contributed by atoms with Crippen molar-refractivity contribution in [3.05, 3.63) is 90.3 Å². The van der Waals surface area contributed by atoms with E-state index in [-0.39, 0.29) is 11.3 Å². The SMILES string of the molecule is O=C1C(=O)N(CCC[n+]2cc[nH]c2)C(c2cccnc2)C1=C(O)c1ccccc1. The number of hydrogen-bond donors (Lipinski definition) is 2. The Morgan fingerprint density at radius 2 is 2.00 bits per heavy atom. The van der Waals surface area contributed by atoms with Gasteiger partial charge in [0.2, 0.25) is 6.33 Å². The highest BCUT2D eigenvalue weighted by Gasteiger charge is 2.45. The maximum atomic E-state index is 12.9. The second kappa shape index (κ2) is 8.10. The molecule has 3 heterocycles. The largest absolute Gasteiger partial charge is 0.507 e. The summed E-state index contributed by atoms with van der Waals surface area (Å²) in [5.74, 6) is -1.44. The van der Waals surface area contributed by atoms with Crippen molar-refractivity contribution in [3.8, 4) is 0 Å². The molecule has 0 aliphatic carbocycles. The van der Waals surface area contributed by atoms with E-state index in [0.717, 1.165) is 0 Å². The third kappa shape index (κ3) is 3.67. The third-order valence-electron chi connectivity index (χ3n) is 5.01. The lowest BCUT2D eigenvalue weighted by Gasteiger charge is -2.24. The van der Waals surface area contributed by atoms with Crippen molar-refractivity contribution in [3.63, 3.8) is 0 Å². The number of pyridine rings is 1. The van der Waals surface area contributed by atoms with Gasteiger partial charge < -0.3 is 10.0 Å². The molecule has 1 amide bonds. The number of ketones is 1. The summed E-state index contributed by atoms with van der Waals surface area (Å²) >= 11 is 0. The van der Waals surface area contributed by atoms with Gasteiger partial charge in [0.05, 0.1) is 18.2 Å². The van der Waals surface area contributed by atoms with Gasteiger partial charge in [0, 0.05) is 30.9 Å². The monoisotopic (exact) mass is 389 g/mol. The van der Waals surface area contributed by atoms with E-state index in [1.807, 2.05) is 35.4 Å². The molecule has 3 aromatic rings. The van der Waals surface area contributed by atoms with Crippen molar-refractivity contribution in [1.29, 1.82) is 0 Å². The Morgan fingerprint density at radius 1 is 1.17 bits per heavy atom. The van der Waals surface area contributed by atoms with Crippen LogP contribution >= 0.6 is 0 Å². The minimum atomic E-state index is -0.672. The van der Waals surface area contributed by atoms with E-state index in [0.29, 0.717) is 30.6 Å². The maximum Gasteiger partial charge on any atom is 0.295 e. The average molecular weight is 389 g/mol. The van der Waals surface area contributed by atoms with E-state index >= 15 is 0 Å². The van der Waals surface area contributed by atoms with Crippen molar-refractivity contribution in [2.75, 3.05) is 6.54 Å². The van der Waals surface area contributed by atoms with Crippen molar-refractivity contribution < 1.29 is 19.3 Å². The number of hydrogen-bond acceptors (Lipinski definition) is 4. The fourth-order valence-corrected chi connectivity index (χ4v) is 3.63. The third-order valence-corrected chi connectivity index (χ3v) is 5.01. The van der Waals surface area contributed by atoms with Crippen molar-refractivity contribution >= 4 is 17.4 Å². The molecule has 4 rings (SSSR count). The highest BCUT2D eigenvalue weighted by atomic mass is 16.3. The number of aliphatic hydroxyl groups excluding tert-OH is 1. The molecule has 7 heteroatoms. The Hall–Kier alpha value is -3.74. The number of Topliss-reactive ketones (excluding diaryl/α,β-unsaturated/α-hetero) is 1. The molecule has 1 unspecified atom stereocenters. The van der Waals surface area contributed by atoms with Crippen LogP contribution in [0.3, 0.4) is 0 Å². The number of aromatic nitrogens is 3. The first-order chi connectivity index (χ1) is 14.2. The van der Waals surface area contributed by atoms with E-state index in [2.05, 4.69) is 9.97 Å². The van der Waals surface area contributed by atoms with Crippen LogP contribution < -0.4 is 4.57 Å². The molecule has 1 fully saturated rings. The number of carbonyl (C=O) groups excluding carboxylic acids is 2. The van der Waals surface area contributed by atoms with Crippen LogP contribution in [0.4, 0.5) is 0 Å². The zero-order valence-electron chi connectivity index (χ0n) is 15.7. The van der Waals surface area contributed by atoms with Crippen LogP contribution in [-0.4, -0.2) is 38.2 Å². The maximum absolute atomic E-state index is 12.9. The van der Waals surface area contributed by atoms with Crippen LogP contribution in [0.15, 0.2) is 79.2 Å². The van der Waals surface area contributed by atoms with Crippen molar-refractivity contribution in [2.24, 2.45) is 0 Å². The van der Waals surface area contributed by atoms with E-state index in [1.165, 1.54) is 4.90 Å². The van der Waals surface area contributed by atoms with Gasteiger partial charge in [-0.15, -0.1) is 0 Å². The molecule has 2 N–H and O–H groups in total. The van der Waals surface area contributed by atoms with Crippen LogP contribution in [0.5, 0.6) is 0 Å². The topological polar surface area (TPSA) is 90.2 Å². The number of H-pyrrole nitrogens is 1. The minimum Gasteiger partial charge on any atom is -0.507 e. The number of aromatic amines is 1. The van der Waals surface area contributed by atoms with Crippen LogP contribution in [-0.2, 0) is 16.1 Å². The number of imidazole rings is 1. The predicted octanol–water partition coefficient (Wildman–Crippen LogP) is 2.21. The number of aliphatic hydroxyl groups is 1. The zero-order chi connectivity index (χ0) is 20.2. The normalized spacial score (nSPS) is 18.3. The number of aryl methyl sites for hydroxylation is 1. The molecule has 146 valence electrons. The summed E-state index contributed by atoms with van der Waals surface area (Å²) in [7, 11) is 0. The van der Waals surface area contributed by atoms with Gasteiger partial charge in [0.25, 0.3) is 11.7 Å². The summed E-state index contributed by atoms with van der Waals surface area (Å²) < 4.78 is 1.97. The van der Waals surface area contributed by atoms with Gasteiger partial charge in [-0.25, -0.2) is 4.57 Å². The minimum absolute atomic E-state index is 0.100. The molecule has 0 bridgehead atoms. The van der Waals surface area contributed by atoms with E-state index in [1.54, 1.807) is 42.7 Å². The first-order valence-electron chi connectivity index (χ1n) is 9.42. The van der Waals surface area contributed by atoms with Crippen LogP contribution in [0, 0.1) is 0 Å². The highest BCUT2D eigenvalue weighted by molar-refractivity contribution is 6.46. The molecule has 2 aromatic heterocycles. The molecular weight excluding hydrogens is 368 g/mol. The average Bonchev–Trinajstić information content (AvgIpc) is 3.37. The van der Waals surface area contributed by atoms with Crippen LogP contribution in [0.1, 0.15) is 23.6 Å². The number of benzene rings is 1. The zero-order valence-corrected chi connectivity index (χ0v) is 15.7. The quantitative estimate of drug-likeness (QED) is 0.293. The Labute approximate surface area is 168 Å². The molecule has 0 radical (unpaired) electrons. The Bertz CT molecular complexity index is 1030. The van der Waals surface area contributed by atoms with Crippen LogP contribution in [0.2, 0.25) is 0 Å². The lowest BCUT2D eigenvalue weighted by Crippen LogP contribution is -2.36. The molecule has 1 aliphatic rings. The summed E-state index contributed by atoms with van der Waals surface area (Å²) in [6.07, 6.45) is 9.49. The smallest absolute Gasteiger partial charge is 0.295 e. The van der Waals surface area contributed by atoms with Gasteiger partial charge in [0.1, 0.15) is 18.2 Å². The number of rotatable bonds is 6. The molecule has 29 heavy (non-hydrogen) atoms. The van der Waals surface area contributed by atoms with Crippen LogP contribution in [0.25, 0.3) is 5.76 Å². The van der Waals surface area contributed by atoms with Crippen molar-refractivity contribution in [2.45, 2.75) is 19.0 Å². The van der Waals surface area contributed by atoms with E-state index < -0.39 is 17.7 Å². The second-order valence-electron chi connectivity index (χ2n) is 6.85. The molecule has 0 spiro atoms. The number of nitrogens with one attached hydrogen (secondary N) is 1. The lowest BCUT2D eigenvalue weighted by molar-refractivity contribution is -0.695. The summed E-state index contributed by atoms with van der Waals surface area (Å²) in [4.78, 5) is 34.3. The molecule has 0 saturated carbocycles. The standard InChI is InChI=1S/C22H20N4O3/c27-20(16-6-2-1-3-7-16)18-19(17-8-4-9-23-14-17)26(22(29)21(18)28)12-5-11-25-13-10-24-15-25/h1-4,6-10,13-15,19H,5,11-12H2,(H,27,28)/p+1. The van der Waals surface area contributed by atoms with E-state index in [4.69, 9.17) is 0 Å². The molecule has 1 saturated heterocycles. The molecule has 7 nitrogen and oxygen atoms in total. The number of carbonyl (C=O) groups is 2. The lowest BCUT2D eigenvalue weighted by atomic mass is 9.96. The molecule has 1 aromatic carbocycles. The fraction of sp³-hybridized carbons (Fsp3) is 0.182. The molecule has 1 atom stereocenters. The molecule has 1 aliphatic heterocycles. The number of amides is 1. The summed E-state index contributed by atoms with van der Waals surface area (Å²) in [5.41, 5.74) is 1.30. The first kappa shape index (κ1) is 18.6. The second-order valence-corrected chi connectivity index (χ2v) is 6.85. The summed E-state index contributed by atoms with van der Waals surface area (Å²) in [5, 5.41) is 10.9. The van der Waals surface area contributed by atoms with Gasteiger partial charge in [0.15, 0.2) is 0 Å². The molecular formula is C22H21N4O3+. The number of likely N-dealkylation sites (tertiary alicyclic amines) is 1. The Balaban J connectivity index is 1.70. The highest BCUT2D eigenvalue weighted by Crippen LogP contribution is 2.39. The first-order valence-corrected chi connectivity index (χ1v) is 9.42. The number of nitrogens with zero attached hydrogens (tertiary/aromatic N) is 3. The fourth-order valence-electron chi connectivity index (χ4n) is 3.63. The summed E-state index contributed by atoms with van der Waals surface area (Å²) in [6, 6.07) is 11.7. The van der Waals surface area contributed by atoms with Crippen molar-refractivity contribution in [1.82, 2.24) is 14.9 Å². The van der Waals surface area contributed by atoms with Gasteiger partial charge in [-0.1, -0.05) is 36.4 Å².